The number of carbonyl (C=O) groups excluding carboxylic acids is 1. The van der Waals surface area contributed by atoms with Gasteiger partial charge in [-0.1, -0.05) is 23.9 Å². The van der Waals surface area contributed by atoms with E-state index in [4.69, 9.17) is 0 Å². The maximum Gasteiger partial charge on any atom is 0.246 e. The summed E-state index contributed by atoms with van der Waals surface area (Å²) in [7, 11) is 1.79. The number of benzene rings is 1. The zero-order valence-electron chi connectivity index (χ0n) is 10.4. The van der Waals surface area contributed by atoms with Crippen LogP contribution in [0.5, 0.6) is 0 Å². The van der Waals surface area contributed by atoms with Crippen LogP contribution in [0.1, 0.15) is 11.6 Å². The SMILES string of the molecule is CNC1C(=O)Nc2cc(Sc3ccccn3)ccc21. The molecular weight excluding hydrogens is 258 g/mol. The molecule has 2 N–H and O–H groups in total. The first-order valence-electron chi connectivity index (χ1n) is 5.99. The van der Waals surface area contributed by atoms with Crippen molar-refractivity contribution in [2.24, 2.45) is 0 Å². The van der Waals surface area contributed by atoms with E-state index in [-0.39, 0.29) is 11.9 Å². The largest absolute Gasteiger partial charge is 0.324 e. The second-order valence-electron chi connectivity index (χ2n) is 4.23. The Labute approximate surface area is 115 Å². The Balaban J connectivity index is 1.87. The third kappa shape index (κ3) is 2.34. The molecule has 3 rings (SSSR count). The topological polar surface area (TPSA) is 54.0 Å². The van der Waals surface area contributed by atoms with Gasteiger partial charge in [-0.15, -0.1) is 0 Å². The fourth-order valence-corrected chi connectivity index (χ4v) is 2.93. The smallest absolute Gasteiger partial charge is 0.246 e. The first kappa shape index (κ1) is 12.2. The highest BCUT2D eigenvalue weighted by molar-refractivity contribution is 7.99. The number of hydrogen-bond acceptors (Lipinski definition) is 4. The van der Waals surface area contributed by atoms with Crippen LogP contribution in [-0.4, -0.2) is 17.9 Å². The number of anilines is 1. The summed E-state index contributed by atoms with van der Waals surface area (Å²) in [5.41, 5.74) is 1.88. The van der Waals surface area contributed by atoms with E-state index < -0.39 is 0 Å². The van der Waals surface area contributed by atoms with E-state index in [1.807, 2.05) is 36.4 Å². The molecular formula is C14H13N3OS. The van der Waals surface area contributed by atoms with Crippen LogP contribution in [0.2, 0.25) is 0 Å². The number of amides is 1. The minimum Gasteiger partial charge on any atom is -0.324 e. The molecule has 0 saturated heterocycles. The number of hydrogen-bond donors (Lipinski definition) is 2. The summed E-state index contributed by atoms with van der Waals surface area (Å²) in [6, 6.07) is 11.6. The van der Waals surface area contributed by atoms with Gasteiger partial charge in [0.1, 0.15) is 11.1 Å². The average molecular weight is 271 g/mol. The lowest BCUT2D eigenvalue weighted by molar-refractivity contribution is -0.117. The van der Waals surface area contributed by atoms with Crippen LogP contribution in [0.3, 0.4) is 0 Å². The van der Waals surface area contributed by atoms with Gasteiger partial charge in [0, 0.05) is 22.3 Å². The zero-order chi connectivity index (χ0) is 13.2. The van der Waals surface area contributed by atoms with Gasteiger partial charge in [-0.05, 0) is 31.3 Å². The van der Waals surface area contributed by atoms with Crippen molar-refractivity contribution < 1.29 is 4.79 Å². The Morgan fingerprint density at radius 2 is 2.21 bits per heavy atom. The molecule has 2 heterocycles. The summed E-state index contributed by atoms with van der Waals surface area (Å²) >= 11 is 1.58. The lowest BCUT2D eigenvalue weighted by Crippen LogP contribution is -2.23. The number of aromatic nitrogens is 1. The van der Waals surface area contributed by atoms with Crippen LogP contribution in [0.15, 0.2) is 52.5 Å². The molecule has 19 heavy (non-hydrogen) atoms. The summed E-state index contributed by atoms with van der Waals surface area (Å²) in [5.74, 6) is -0.00233. The van der Waals surface area contributed by atoms with Gasteiger partial charge in [0.15, 0.2) is 0 Å². The van der Waals surface area contributed by atoms with E-state index >= 15 is 0 Å². The Hall–Kier alpha value is -1.85. The van der Waals surface area contributed by atoms with E-state index in [9.17, 15) is 4.79 Å². The van der Waals surface area contributed by atoms with Gasteiger partial charge in [0.05, 0.1) is 0 Å². The third-order valence-corrected chi connectivity index (χ3v) is 3.94. The Kier molecular flexibility index (Phi) is 3.23. The van der Waals surface area contributed by atoms with Crippen LogP contribution in [-0.2, 0) is 4.79 Å². The normalized spacial score (nSPS) is 17.1. The Bertz CT molecular complexity index is 615. The highest BCUT2D eigenvalue weighted by Gasteiger charge is 2.28. The number of carbonyl (C=O) groups is 1. The van der Waals surface area contributed by atoms with Crippen LogP contribution in [0, 0.1) is 0 Å². The van der Waals surface area contributed by atoms with Crippen molar-refractivity contribution in [3.63, 3.8) is 0 Å². The molecule has 5 heteroatoms. The lowest BCUT2D eigenvalue weighted by atomic mass is 10.1. The number of fused-ring (bicyclic) bond motifs is 1. The van der Waals surface area contributed by atoms with E-state index in [1.165, 1.54) is 0 Å². The second-order valence-corrected chi connectivity index (χ2v) is 5.32. The van der Waals surface area contributed by atoms with Gasteiger partial charge in [-0.25, -0.2) is 4.98 Å². The predicted molar refractivity (Wildman–Crippen MR) is 75.2 cm³/mol. The molecule has 1 amide bonds. The first-order valence-corrected chi connectivity index (χ1v) is 6.80. The van der Waals surface area contributed by atoms with Gasteiger partial charge in [-0.3, -0.25) is 4.79 Å². The fraction of sp³-hybridized carbons (Fsp3) is 0.143. The number of nitrogens with zero attached hydrogens (tertiary/aromatic N) is 1. The van der Waals surface area contributed by atoms with Crippen molar-refractivity contribution in [2.75, 3.05) is 12.4 Å². The van der Waals surface area contributed by atoms with E-state index in [0.29, 0.717) is 0 Å². The van der Waals surface area contributed by atoms with Crippen molar-refractivity contribution in [2.45, 2.75) is 16.0 Å². The minimum absolute atomic E-state index is 0.00233. The number of nitrogens with one attached hydrogen (secondary N) is 2. The van der Waals surface area contributed by atoms with Gasteiger partial charge in [0.25, 0.3) is 0 Å². The molecule has 1 aliphatic rings. The molecule has 0 radical (unpaired) electrons. The Morgan fingerprint density at radius 1 is 1.32 bits per heavy atom. The molecule has 1 unspecified atom stereocenters. The molecule has 96 valence electrons. The second kappa shape index (κ2) is 5.03. The van der Waals surface area contributed by atoms with Crippen molar-refractivity contribution in [1.82, 2.24) is 10.3 Å². The van der Waals surface area contributed by atoms with Gasteiger partial charge in [-0.2, -0.15) is 0 Å². The molecule has 1 aromatic heterocycles. The molecule has 2 aromatic rings. The highest BCUT2D eigenvalue weighted by Crippen LogP contribution is 2.35. The van der Waals surface area contributed by atoms with Crippen molar-refractivity contribution in [1.29, 1.82) is 0 Å². The lowest BCUT2D eigenvalue weighted by Gasteiger charge is -2.07. The minimum atomic E-state index is -0.246. The molecule has 0 saturated carbocycles. The van der Waals surface area contributed by atoms with Gasteiger partial charge < -0.3 is 10.6 Å². The molecule has 0 bridgehead atoms. The summed E-state index contributed by atoms with van der Waals surface area (Å²) in [6.07, 6.45) is 1.77. The van der Waals surface area contributed by atoms with Gasteiger partial charge in [0.2, 0.25) is 5.91 Å². The number of likely N-dealkylation sites (N-methyl/N-ethyl adjacent to an activating group) is 1. The summed E-state index contributed by atoms with van der Waals surface area (Å²) in [6.45, 7) is 0. The van der Waals surface area contributed by atoms with E-state index in [0.717, 1.165) is 21.2 Å². The van der Waals surface area contributed by atoms with Crippen LogP contribution in [0.25, 0.3) is 0 Å². The Morgan fingerprint density at radius 3 is 2.95 bits per heavy atom. The number of pyridine rings is 1. The molecule has 0 spiro atoms. The predicted octanol–water partition coefficient (Wildman–Crippen LogP) is 2.45. The first-order chi connectivity index (χ1) is 9.28. The molecule has 0 aliphatic carbocycles. The monoisotopic (exact) mass is 271 g/mol. The molecule has 1 atom stereocenters. The van der Waals surface area contributed by atoms with Crippen LogP contribution in [0.4, 0.5) is 5.69 Å². The molecule has 0 fully saturated rings. The molecule has 1 aromatic carbocycles. The van der Waals surface area contributed by atoms with Gasteiger partial charge >= 0.3 is 0 Å². The standard InChI is InChI=1S/C14H13N3OS/c1-15-13-10-6-5-9(8-11(10)17-14(13)18)19-12-4-2-3-7-16-12/h2-8,13,15H,1H3,(H,17,18). The van der Waals surface area contributed by atoms with Crippen molar-refractivity contribution >= 4 is 23.4 Å². The van der Waals surface area contributed by atoms with Crippen LogP contribution >= 0.6 is 11.8 Å². The zero-order valence-corrected chi connectivity index (χ0v) is 11.2. The maximum absolute atomic E-state index is 11.7. The fourth-order valence-electron chi connectivity index (χ4n) is 2.12. The van der Waals surface area contributed by atoms with Crippen molar-refractivity contribution in [3.05, 3.63) is 48.2 Å². The summed E-state index contributed by atoms with van der Waals surface area (Å²) in [5, 5.41) is 6.84. The highest BCUT2D eigenvalue weighted by atomic mass is 32.2. The average Bonchev–Trinajstić information content (AvgIpc) is 2.74. The molecule has 4 nitrogen and oxygen atoms in total. The van der Waals surface area contributed by atoms with E-state index in [2.05, 4.69) is 15.6 Å². The summed E-state index contributed by atoms with van der Waals surface area (Å²) in [4.78, 5) is 17.1. The molecule has 1 aliphatic heterocycles. The maximum atomic E-state index is 11.7. The third-order valence-electron chi connectivity index (χ3n) is 3.00. The quantitative estimate of drug-likeness (QED) is 0.900. The van der Waals surface area contributed by atoms with Crippen LogP contribution < -0.4 is 10.6 Å². The van der Waals surface area contributed by atoms with Crippen molar-refractivity contribution in [3.8, 4) is 0 Å². The van der Waals surface area contributed by atoms with E-state index in [1.54, 1.807) is 25.0 Å². The summed E-state index contributed by atoms with van der Waals surface area (Å²) < 4.78 is 0. The number of rotatable bonds is 3.